The third-order valence-electron chi connectivity index (χ3n) is 6.82. The Hall–Kier alpha value is -3.41. The van der Waals surface area contributed by atoms with Gasteiger partial charge in [0.2, 0.25) is 17.5 Å². The van der Waals surface area contributed by atoms with Gasteiger partial charge in [-0.2, -0.15) is 0 Å². The zero-order chi connectivity index (χ0) is 28.4. The normalized spacial score (nSPS) is 23.0. The number of aliphatic hydroxyl groups is 3. The summed E-state index contributed by atoms with van der Waals surface area (Å²) in [7, 11) is 1.53. The van der Waals surface area contributed by atoms with Gasteiger partial charge in [0, 0.05) is 11.1 Å². The van der Waals surface area contributed by atoms with Crippen molar-refractivity contribution in [1.82, 2.24) is 0 Å². The highest BCUT2D eigenvalue weighted by Crippen LogP contribution is 2.38. The molecule has 0 aliphatic carbocycles. The van der Waals surface area contributed by atoms with Gasteiger partial charge in [-0.1, -0.05) is 11.6 Å². The number of hydrogen-bond acceptors (Lipinski definition) is 10. The number of phenolic OH excluding ortho intramolecular Hbond substituents is 1. The fourth-order valence-electron chi connectivity index (χ4n) is 4.61. The van der Waals surface area contributed by atoms with Gasteiger partial charge in [-0.3, -0.25) is 4.79 Å². The molecule has 0 spiro atoms. The molecule has 5 atom stereocenters. The van der Waals surface area contributed by atoms with Gasteiger partial charge in [0.25, 0.3) is 0 Å². The molecule has 0 unspecified atom stereocenters. The van der Waals surface area contributed by atoms with Gasteiger partial charge in [-0.25, -0.2) is 0 Å². The van der Waals surface area contributed by atoms with E-state index in [4.69, 9.17) is 24.4 Å². The molecule has 1 aliphatic heterocycles. The van der Waals surface area contributed by atoms with E-state index in [1.54, 1.807) is 24.3 Å². The topological polar surface area (TPSA) is 165 Å². The lowest BCUT2D eigenvalue weighted by Crippen LogP contribution is -2.58. The van der Waals surface area contributed by atoms with Crippen molar-refractivity contribution in [1.29, 1.82) is 0 Å². The van der Waals surface area contributed by atoms with E-state index in [0.717, 1.165) is 11.1 Å². The van der Waals surface area contributed by atoms with Gasteiger partial charge < -0.3 is 44.8 Å². The molecule has 1 aliphatic rings. The lowest BCUT2D eigenvalue weighted by molar-refractivity contribution is -0.268. The third-order valence-corrected chi connectivity index (χ3v) is 6.82. The maximum Gasteiger partial charge on any atom is 0.239 e. The fraction of sp³-hybridized carbons (Fsp3) is 0.414. The smallest absolute Gasteiger partial charge is 0.239 e. The molecule has 3 aromatic rings. The summed E-state index contributed by atoms with van der Waals surface area (Å²) in [6.45, 7) is 5.74. The van der Waals surface area contributed by atoms with E-state index >= 15 is 0 Å². The van der Waals surface area contributed by atoms with Crippen LogP contribution in [0.1, 0.15) is 31.9 Å². The van der Waals surface area contributed by atoms with E-state index in [1.165, 1.54) is 20.1 Å². The molecular weight excluding hydrogens is 506 g/mol. The number of hydrogen-bond donors (Lipinski definition) is 5. The second-order valence-electron chi connectivity index (χ2n) is 9.88. The van der Waals surface area contributed by atoms with Crippen LogP contribution in [-0.4, -0.2) is 64.8 Å². The number of allylic oxidation sites excluding steroid dienone is 2. The van der Waals surface area contributed by atoms with Gasteiger partial charge in [0.1, 0.15) is 40.8 Å². The number of benzene rings is 2. The number of phenols is 1. The van der Waals surface area contributed by atoms with E-state index in [0.29, 0.717) is 36.3 Å². The molecule has 210 valence electrons. The number of nitrogens with two attached hydrogens (primary N) is 1. The van der Waals surface area contributed by atoms with E-state index in [1.807, 2.05) is 19.9 Å². The highest BCUT2D eigenvalue weighted by atomic mass is 16.7. The molecule has 10 nitrogen and oxygen atoms in total. The first-order chi connectivity index (χ1) is 18.6. The van der Waals surface area contributed by atoms with E-state index in [9.17, 15) is 25.2 Å². The van der Waals surface area contributed by atoms with Crippen LogP contribution in [0, 0.1) is 0 Å². The summed E-state index contributed by atoms with van der Waals surface area (Å²) in [6, 6.07) is 8.22. The molecular formula is C29H35NO9. The third kappa shape index (κ3) is 5.66. The molecule has 2 aromatic carbocycles. The predicted octanol–water partition coefficient (Wildman–Crippen LogP) is 2.39. The van der Waals surface area contributed by atoms with Crippen molar-refractivity contribution in [2.75, 3.05) is 13.7 Å². The van der Waals surface area contributed by atoms with Crippen molar-refractivity contribution in [3.8, 4) is 28.6 Å². The summed E-state index contributed by atoms with van der Waals surface area (Å²) in [4.78, 5) is 14.0. The van der Waals surface area contributed by atoms with Gasteiger partial charge in [0.05, 0.1) is 13.2 Å². The maximum absolute atomic E-state index is 14.0. The minimum atomic E-state index is -1.66. The fourth-order valence-corrected chi connectivity index (χ4v) is 4.61. The Bertz CT molecular complexity index is 1410. The number of ether oxygens (including phenoxy) is 3. The highest BCUT2D eigenvalue weighted by molar-refractivity contribution is 5.90. The van der Waals surface area contributed by atoms with Crippen LogP contribution >= 0.6 is 0 Å². The zero-order valence-electron chi connectivity index (χ0n) is 22.4. The Morgan fingerprint density at radius 3 is 2.41 bits per heavy atom. The average Bonchev–Trinajstić information content (AvgIpc) is 2.91. The molecule has 2 heterocycles. The molecule has 0 amide bonds. The number of aromatic hydroxyl groups is 1. The Labute approximate surface area is 225 Å². The van der Waals surface area contributed by atoms with Crippen LogP contribution in [0.3, 0.4) is 0 Å². The molecule has 0 radical (unpaired) electrons. The minimum absolute atomic E-state index is 0.0296. The van der Waals surface area contributed by atoms with E-state index in [2.05, 4.69) is 0 Å². The summed E-state index contributed by atoms with van der Waals surface area (Å²) >= 11 is 0. The van der Waals surface area contributed by atoms with Crippen molar-refractivity contribution in [2.24, 2.45) is 5.73 Å². The van der Waals surface area contributed by atoms with Crippen molar-refractivity contribution in [2.45, 2.75) is 64.3 Å². The van der Waals surface area contributed by atoms with Crippen molar-refractivity contribution < 1.29 is 39.1 Å². The molecule has 10 heteroatoms. The molecule has 4 rings (SSSR count). The SMILES string of the molecule is COc1ccc(-c2oc3c(CC=C(C)C)c(CCN)cc(O)c3c(=O)c2O[C@@H]2O[C@@H](C)[C@H](O)[C@@H](O)[C@H]2O)cc1. The second-order valence-corrected chi connectivity index (χ2v) is 9.88. The van der Waals surface area contributed by atoms with Crippen LogP contribution < -0.4 is 20.6 Å². The minimum Gasteiger partial charge on any atom is -0.507 e. The molecule has 1 saturated heterocycles. The number of rotatable bonds is 8. The lowest BCUT2D eigenvalue weighted by Gasteiger charge is -2.38. The quantitative estimate of drug-likeness (QED) is 0.267. The van der Waals surface area contributed by atoms with E-state index in [-0.39, 0.29) is 28.2 Å². The zero-order valence-corrected chi connectivity index (χ0v) is 22.4. The van der Waals surface area contributed by atoms with Gasteiger partial charge >= 0.3 is 0 Å². The second kappa shape index (κ2) is 11.8. The Morgan fingerprint density at radius 1 is 1.10 bits per heavy atom. The number of methoxy groups -OCH3 is 1. The number of fused-ring (bicyclic) bond motifs is 1. The first-order valence-electron chi connectivity index (χ1n) is 12.8. The van der Waals surface area contributed by atoms with Gasteiger partial charge in [0.15, 0.2) is 5.76 Å². The van der Waals surface area contributed by atoms with Crippen molar-refractivity contribution in [3.63, 3.8) is 0 Å². The van der Waals surface area contributed by atoms with Crippen LogP contribution in [-0.2, 0) is 17.6 Å². The standard InChI is InChI=1S/C29H35NO9/c1-14(2)5-10-19-17(11-12-30)13-20(31)21-23(33)28(39-29-25(35)24(34)22(32)15(3)37-29)26(38-27(19)21)16-6-8-18(36-4)9-7-16/h5-9,13,15,22,24-25,29,31-32,34-35H,10-12,30H2,1-4H3/t15-,22-,24+,25+,29-/m0/s1. The Morgan fingerprint density at radius 2 is 1.79 bits per heavy atom. The lowest BCUT2D eigenvalue weighted by atomic mass is 9.96. The van der Waals surface area contributed by atoms with Crippen LogP contribution in [0.4, 0.5) is 0 Å². The van der Waals surface area contributed by atoms with Crippen LogP contribution in [0.15, 0.2) is 51.2 Å². The molecule has 0 saturated carbocycles. The van der Waals surface area contributed by atoms with E-state index < -0.39 is 36.1 Å². The molecule has 1 fully saturated rings. The Balaban J connectivity index is 1.99. The van der Waals surface area contributed by atoms with Gasteiger partial charge in [-0.05, 0) is 76.1 Å². The predicted molar refractivity (Wildman–Crippen MR) is 145 cm³/mol. The van der Waals surface area contributed by atoms with Crippen molar-refractivity contribution in [3.05, 3.63) is 63.3 Å². The molecule has 6 N–H and O–H groups in total. The Kier molecular flexibility index (Phi) is 8.63. The maximum atomic E-state index is 14.0. The first-order valence-corrected chi connectivity index (χ1v) is 12.8. The van der Waals surface area contributed by atoms with Gasteiger partial charge in [-0.15, -0.1) is 0 Å². The summed E-state index contributed by atoms with van der Waals surface area (Å²) in [5.41, 5.74) is 8.30. The summed E-state index contributed by atoms with van der Waals surface area (Å²) in [6.07, 6.45) is -4.10. The molecule has 39 heavy (non-hydrogen) atoms. The highest BCUT2D eigenvalue weighted by Gasteiger charge is 2.44. The molecule has 1 aromatic heterocycles. The van der Waals surface area contributed by atoms with Crippen LogP contribution in [0.2, 0.25) is 0 Å². The summed E-state index contributed by atoms with van der Waals surface area (Å²) < 4.78 is 23.1. The molecule has 0 bridgehead atoms. The largest absolute Gasteiger partial charge is 0.507 e. The monoisotopic (exact) mass is 541 g/mol. The summed E-state index contributed by atoms with van der Waals surface area (Å²) in [5.74, 6) is -0.0267. The van der Waals surface area contributed by atoms with Crippen molar-refractivity contribution >= 4 is 11.0 Å². The van der Waals surface area contributed by atoms with Crippen LogP contribution in [0.5, 0.6) is 17.2 Å². The number of aliphatic hydroxyl groups excluding tert-OH is 3. The van der Waals surface area contributed by atoms with Crippen LogP contribution in [0.25, 0.3) is 22.3 Å². The summed E-state index contributed by atoms with van der Waals surface area (Å²) in [5, 5.41) is 41.8. The average molecular weight is 542 g/mol. The first kappa shape index (κ1) is 28.6.